The zero-order chi connectivity index (χ0) is 14.2. The first-order valence-corrected chi connectivity index (χ1v) is 7.79. The highest BCUT2D eigenvalue weighted by Gasteiger charge is 2.25. The van der Waals surface area contributed by atoms with Crippen LogP contribution in [0, 0.1) is 5.92 Å². The number of benzene rings is 3. The quantitative estimate of drug-likeness (QED) is 0.454. The van der Waals surface area contributed by atoms with Gasteiger partial charge in [-0.2, -0.15) is 0 Å². The maximum atomic E-state index is 12.9. The number of rotatable bonds is 2. The molecule has 0 heterocycles. The molecule has 3 aromatic rings. The van der Waals surface area contributed by atoms with Crippen molar-refractivity contribution in [2.45, 2.75) is 25.7 Å². The molecule has 0 aliphatic heterocycles. The van der Waals surface area contributed by atoms with Gasteiger partial charge in [-0.05, 0) is 40.5 Å². The molecule has 0 saturated heterocycles. The summed E-state index contributed by atoms with van der Waals surface area (Å²) in [7, 11) is 0. The summed E-state index contributed by atoms with van der Waals surface area (Å²) in [4.78, 5) is 12.9. The van der Waals surface area contributed by atoms with Crippen LogP contribution in [0.15, 0.2) is 54.6 Å². The van der Waals surface area contributed by atoms with Crippen LogP contribution in [0.4, 0.5) is 0 Å². The maximum absolute atomic E-state index is 12.9. The lowest BCUT2D eigenvalue weighted by Gasteiger charge is -2.13. The van der Waals surface area contributed by atoms with E-state index in [9.17, 15) is 4.79 Å². The van der Waals surface area contributed by atoms with E-state index in [0.29, 0.717) is 5.78 Å². The second-order valence-electron chi connectivity index (χ2n) is 6.04. The zero-order valence-corrected chi connectivity index (χ0v) is 12.0. The van der Waals surface area contributed by atoms with Crippen molar-refractivity contribution in [3.8, 4) is 0 Å². The fourth-order valence-electron chi connectivity index (χ4n) is 3.67. The Morgan fingerprint density at radius 3 is 2.19 bits per heavy atom. The Labute approximate surface area is 124 Å². The number of carbonyl (C=O) groups is 1. The standard InChI is InChI=1S/C20H18O/c21-20(14-7-1-2-8-14)19-13-15-9-3-4-10-16(15)17-11-5-6-12-18(17)19/h3-6,9-14H,1-2,7-8H2. The van der Waals surface area contributed by atoms with Gasteiger partial charge in [-0.15, -0.1) is 0 Å². The largest absolute Gasteiger partial charge is 0.294 e. The van der Waals surface area contributed by atoms with Gasteiger partial charge < -0.3 is 0 Å². The Hall–Kier alpha value is -2.15. The molecule has 0 unspecified atom stereocenters. The molecular formula is C20H18O. The molecule has 1 saturated carbocycles. The molecule has 1 aliphatic rings. The van der Waals surface area contributed by atoms with E-state index in [0.717, 1.165) is 29.2 Å². The number of Topliss-reactive ketones (excluding diaryl/α,β-unsaturated/α-hetero) is 1. The van der Waals surface area contributed by atoms with Crippen LogP contribution in [-0.2, 0) is 0 Å². The molecule has 0 radical (unpaired) electrons. The smallest absolute Gasteiger partial charge is 0.166 e. The molecule has 0 amide bonds. The van der Waals surface area contributed by atoms with Gasteiger partial charge in [0.1, 0.15) is 0 Å². The molecule has 1 aliphatic carbocycles. The lowest BCUT2D eigenvalue weighted by atomic mass is 9.90. The highest BCUT2D eigenvalue weighted by Crippen LogP contribution is 2.33. The van der Waals surface area contributed by atoms with E-state index in [-0.39, 0.29) is 5.92 Å². The fraction of sp³-hybridized carbons (Fsp3) is 0.250. The van der Waals surface area contributed by atoms with Gasteiger partial charge in [0, 0.05) is 11.5 Å². The van der Waals surface area contributed by atoms with Crippen molar-refractivity contribution in [1.82, 2.24) is 0 Å². The first-order valence-electron chi connectivity index (χ1n) is 7.79. The molecule has 1 nitrogen and oxygen atoms in total. The Morgan fingerprint density at radius 2 is 1.43 bits per heavy atom. The first kappa shape index (κ1) is 12.6. The maximum Gasteiger partial charge on any atom is 0.166 e. The second-order valence-corrected chi connectivity index (χ2v) is 6.04. The highest BCUT2D eigenvalue weighted by atomic mass is 16.1. The van der Waals surface area contributed by atoms with E-state index in [4.69, 9.17) is 0 Å². The van der Waals surface area contributed by atoms with Crippen LogP contribution in [0.25, 0.3) is 21.5 Å². The van der Waals surface area contributed by atoms with Crippen LogP contribution >= 0.6 is 0 Å². The van der Waals surface area contributed by atoms with E-state index >= 15 is 0 Å². The molecule has 1 heteroatoms. The van der Waals surface area contributed by atoms with Crippen molar-refractivity contribution in [3.63, 3.8) is 0 Å². The Kier molecular flexibility index (Phi) is 2.99. The lowest BCUT2D eigenvalue weighted by molar-refractivity contribution is 0.0924. The summed E-state index contributed by atoms with van der Waals surface area (Å²) in [5.74, 6) is 0.573. The number of ketones is 1. The van der Waals surface area contributed by atoms with Crippen molar-refractivity contribution in [3.05, 3.63) is 60.2 Å². The molecular weight excluding hydrogens is 256 g/mol. The van der Waals surface area contributed by atoms with Gasteiger partial charge in [0.05, 0.1) is 0 Å². The molecule has 0 spiro atoms. The molecule has 21 heavy (non-hydrogen) atoms. The third-order valence-corrected chi connectivity index (χ3v) is 4.76. The topological polar surface area (TPSA) is 17.1 Å². The summed E-state index contributed by atoms with van der Waals surface area (Å²) < 4.78 is 0. The van der Waals surface area contributed by atoms with Crippen molar-refractivity contribution >= 4 is 27.3 Å². The zero-order valence-electron chi connectivity index (χ0n) is 12.0. The SMILES string of the molecule is O=C(c1cc2ccccc2c2ccccc12)C1CCCC1. The molecule has 4 rings (SSSR count). The van der Waals surface area contributed by atoms with Gasteiger partial charge in [0.15, 0.2) is 5.78 Å². The number of hydrogen-bond acceptors (Lipinski definition) is 1. The molecule has 104 valence electrons. The first-order chi connectivity index (χ1) is 10.3. The lowest BCUT2D eigenvalue weighted by Crippen LogP contribution is -2.11. The molecule has 1 fully saturated rings. The summed E-state index contributed by atoms with van der Waals surface area (Å²) >= 11 is 0. The van der Waals surface area contributed by atoms with E-state index in [1.807, 2.05) is 12.1 Å². The highest BCUT2D eigenvalue weighted by molar-refractivity contribution is 6.18. The number of hydrogen-bond donors (Lipinski definition) is 0. The van der Waals surface area contributed by atoms with Crippen LogP contribution in [0.5, 0.6) is 0 Å². The minimum atomic E-state index is 0.231. The van der Waals surface area contributed by atoms with Gasteiger partial charge >= 0.3 is 0 Å². The molecule has 3 aromatic carbocycles. The van der Waals surface area contributed by atoms with Gasteiger partial charge in [-0.3, -0.25) is 4.79 Å². The number of fused-ring (bicyclic) bond motifs is 3. The van der Waals surface area contributed by atoms with Crippen LogP contribution in [0.2, 0.25) is 0 Å². The summed E-state index contributed by atoms with van der Waals surface area (Å²) in [6.07, 6.45) is 4.50. The van der Waals surface area contributed by atoms with Crippen molar-refractivity contribution in [2.75, 3.05) is 0 Å². The molecule has 0 atom stereocenters. The monoisotopic (exact) mass is 274 g/mol. The van der Waals surface area contributed by atoms with Crippen molar-refractivity contribution in [1.29, 1.82) is 0 Å². The summed E-state index contributed by atoms with van der Waals surface area (Å²) in [5.41, 5.74) is 0.913. The predicted molar refractivity (Wildman–Crippen MR) is 87.7 cm³/mol. The number of carbonyl (C=O) groups excluding carboxylic acids is 1. The van der Waals surface area contributed by atoms with Crippen LogP contribution < -0.4 is 0 Å². The Morgan fingerprint density at radius 1 is 0.810 bits per heavy atom. The van der Waals surface area contributed by atoms with Gasteiger partial charge in [0.2, 0.25) is 0 Å². The predicted octanol–water partition coefficient (Wildman–Crippen LogP) is 5.37. The van der Waals surface area contributed by atoms with Crippen molar-refractivity contribution in [2.24, 2.45) is 5.92 Å². The third-order valence-electron chi connectivity index (χ3n) is 4.76. The normalized spacial score (nSPS) is 15.8. The summed E-state index contributed by atoms with van der Waals surface area (Å²) in [6, 6.07) is 18.7. The van der Waals surface area contributed by atoms with Crippen LogP contribution in [-0.4, -0.2) is 5.78 Å². The summed E-state index contributed by atoms with van der Waals surface area (Å²) in [6.45, 7) is 0. The molecule has 0 aromatic heterocycles. The average molecular weight is 274 g/mol. The van der Waals surface area contributed by atoms with Gasteiger partial charge in [-0.1, -0.05) is 61.4 Å². The Balaban J connectivity index is 2.00. The fourth-order valence-corrected chi connectivity index (χ4v) is 3.67. The van der Waals surface area contributed by atoms with E-state index in [1.54, 1.807) is 0 Å². The van der Waals surface area contributed by atoms with Crippen molar-refractivity contribution < 1.29 is 4.79 Å². The Bertz CT molecular complexity index is 825. The van der Waals surface area contributed by atoms with E-state index in [1.165, 1.54) is 23.6 Å². The van der Waals surface area contributed by atoms with Gasteiger partial charge in [0.25, 0.3) is 0 Å². The average Bonchev–Trinajstić information content (AvgIpc) is 3.08. The van der Waals surface area contributed by atoms with Crippen LogP contribution in [0.1, 0.15) is 36.0 Å². The van der Waals surface area contributed by atoms with E-state index in [2.05, 4.69) is 42.5 Å². The minimum Gasteiger partial charge on any atom is -0.294 e. The van der Waals surface area contributed by atoms with Gasteiger partial charge in [-0.25, -0.2) is 0 Å². The molecule has 0 N–H and O–H groups in total. The second kappa shape index (κ2) is 5.00. The minimum absolute atomic E-state index is 0.231. The summed E-state index contributed by atoms with van der Waals surface area (Å²) in [5, 5.41) is 4.69. The van der Waals surface area contributed by atoms with E-state index < -0.39 is 0 Å². The third kappa shape index (κ3) is 2.04. The van der Waals surface area contributed by atoms with Crippen LogP contribution in [0.3, 0.4) is 0 Å². The molecule has 0 bridgehead atoms.